The van der Waals surface area contributed by atoms with Gasteiger partial charge in [-0.1, -0.05) is 26.7 Å². The molecule has 2 N–H and O–H groups in total. The minimum absolute atomic E-state index is 0.279. The first-order valence-corrected chi connectivity index (χ1v) is 5.79. The minimum Gasteiger partial charge on any atom is -0.329 e. The fourth-order valence-corrected chi connectivity index (χ4v) is 2.23. The predicted molar refractivity (Wildman–Crippen MR) is 60.3 cm³/mol. The van der Waals surface area contributed by atoms with Crippen LogP contribution in [0.3, 0.4) is 0 Å². The highest BCUT2D eigenvalue weighted by molar-refractivity contribution is 4.90. The molecule has 0 radical (unpaired) electrons. The number of halogens is 3. The van der Waals surface area contributed by atoms with E-state index in [1.807, 2.05) is 13.8 Å². The lowest BCUT2D eigenvalue weighted by molar-refractivity contribution is -0.156. The Bertz CT molecular complexity index is 186. The first-order chi connectivity index (χ1) is 7.31. The largest absolute Gasteiger partial charge is 0.401 e. The molecule has 0 aliphatic rings. The van der Waals surface area contributed by atoms with Crippen LogP contribution in [0.15, 0.2) is 0 Å². The second kappa shape index (κ2) is 6.45. The van der Waals surface area contributed by atoms with E-state index in [2.05, 4.69) is 0 Å². The second-order valence-corrected chi connectivity index (χ2v) is 4.40. The van der Waals surface area contributed by atoms with Crippen molar-refractivity contribution >= 4 is 0 Å². The summed E-state index contributed by atoms with van der Waals surface area (Å²) >= 11 is 0. The van der Waals surface area contributed by atoms with Crippen LogP contribution >= 0.6 is 0 Å². The standard InChI is InChI=1S/C11H23F3N2/c1-4-6-10(8-15,7-5-2)16(3)9-11(12,13)14/h4-9,15H2,1-3H3. The summed E-state index contributed by atoms with van der Waals surface area (Å²) in [6, 6.07) is 0. The monoisotopic (exact) mass is 240 g/mol. The van der Waals surface area contributed by atoms with Crippen molar-refractivity contribution in [3.05, 3.63) is 0 Å². The summed E-state index contributed by atoms with van der Waals surface area (Å²) in [4.78, 5) is 1.38. The van der Waals surface area contributed by atoms with Gasteiger partial charge in [0.2, 0.25) is 0 Å². The van der Waals surface area contributed by atoms with Crippen LogP contribution in [0, 0.1) is 0 Å². The van der Waals surface area contributed by atoms with E-state index >= 15 is 0 Å². The molecule has 0 bridgehead atoms. The molecule has 0 aromatic heterocycles. The van der Waals surface area contributed by atoms with E-state index in [9.17, 15) is 13.2 Å². The predicted octanol–water partition coefficient (Wildman–Crippen LogP) is 2.78. The van der Waals surface area contributed by atoms with Gasteiger partial charge < -0.3 is 5.73 Å². The number of rotatable bonds is 7. The molecule has 0 aliphatic heterocycles. The summed E-state index contributed by atoms with van der Waals surface area (Å²) in [5.41, 5.74) is 5.19. The highest BCUT2D eigenvalue weighted by Crippen LogP contribution is 2.28. The van der Waals surface area contributed by atoms with Gasteiger partial charge in [0.05, 0.1) is 6.54 Å². The molecule has 0 spiro atoms. The molecule has 0 heterocycles. The molecule has 0 aliphatic carbocycles. The van der Waals surface area contributed by atoms with Crippen LogP contribution in [-0.2, 0) is 0 Å². The third kappa shape index (κ3) is 4.70. The summed E-state index contributed by atoms with van der Waals surface area (Å²) < 4.78 is 37.1. The number of nitrogens with two attached hydrogens (primary N) is 1. The van der Waals surface area contributed by atoms with Gasteiger partial charge in [-0.25, -0.2) is 0 Å². The fourth-order valence-electron chi connectivity index (χ4n) is 2.23. The van der Waals surface area contributed by atoms with Crippen molar-refractivity contribution in [1.82, 2.24) is 4.90 Å². The second-order valence-electron chi connectivity index (χ2n) is 4.40. The third-order valence-corrected chi connectivity index (χ3v) is 3.04. The number of hydrogen-bond donors (Lipinski definition) is 1. The molecule has 2 nitrogen and oxygen atoms in total. The van der Waals surface area contributed by atoms with Gasteiger partial charge in [-0.2, -0.15) is 13.2 Å². The molecule has 0 saturated heterocycles. The molecule has 0 aromatic carbocycles. The Kier molecular flexibility index (Phi) is 6.33. The Hall–Kier alpha value is -0.290. The average Bonchev–Trinajstić information content (AvgIpc) is 2.14. The normalized spacial score (nSPS) is 13.5. The highest BCUT2D eigenvalue weighted by Gasteiger charge is 2.38. The number of likely N-dealkylation sites (N-methyl/N-ethyl adjacent to an activating group) is 1. The molecule has 0 atom stereocenters. The van der Waals surface area contributed by atoms with Crippen molar-refractivity contribution in [2.75, 3.05) is 20.1 Å². The quantitative estimate of drug-likeness (QED) is 0.741. The summed E-state index contributed by atoms with van der Waals surface area (Å²) in [7, 11) is 1.52. The van der Waals surface area contributed by atoms with Gasteiger partial charge in [0.15, 0.2) is 0 Å². The average molecular weight is 240 g/mol. The van der Waals surface area contributed by atoms with E-state index in [-0.39, 0.29) is 6.54 Å². The maximum atomic E-state index is 12.4. The smallest absolute Gasteiger partial charge is 0.329 e. The van der Waals surface area contributed by atoms with Gasteiger partial charge in [-0.15, -0.1) is 0 Å². The van der Waals surface area contributed by atoms with Gasteiger partial charge in [0, 0.05) is 12.1 Å². The summed E-state index contributed by atoms with van der Waals surface area (Å²) in [6.45, 7) is 3.34. The van der Waals surface area contributed by atoms with Crippen molar-refractivity contribution in [3.8, 4) is 0 Å². The minimum atomic E-state index is -4.16. The molecule has 98 valence electrons. The van der Waals surface area contributed by atoms with Crippen LogP contribution in [-0.4, -0.2) is 36.8 Å². The molecule has 0 unspecified atom stereocenters. The van der Waals surface area contributed by atoms with E-state index < -0.39 is 18.3 Å². The molecule has 0 rings (SSSR count). The van der Waals surface area contributed by atoms with Crippen LogP contribution in [0.4, 0.5) is 13.2 Å². The van der Waals surface area contributed by atoms with Gasteiger partial charge >= 0.3 is 6.18 Å². The van der Waals surface area contributed by atoms with Crippen molar-refractivity contribution < 1.29 is 13.2 Å². The highest BCUT2D eigenvalue weighted by atomic mass is 19.4. The Morgan fingerprint density at radius 1 is 1.06 bits per heavy atom. The summed E-state index contributed by atoms with van der Waals surface area (Å²) in [5, 5.41) is 0. The Balaban J connectivity index is 4.71. The van der Waals surface area contributed by atoms with Gasteiger partial charge in [0.1, 0.15) is 0 Å². The Morgan fingerprint density at radius 3 is 1.75 bits per heavy atom. The lowest BCUT2D eigenvalue weighted by Gasteiger charge is -2.41. The molecule has 0 aromatic rings. The van der Waals surface area contributed by atoms with Crippen LogP contribution in [0.1, 0.15) is 39.5 Å². The first-order valence-electron chi connectivity index (χ1n) is 5.79. The molecular formula is C11H23F3N2. The maximum Gasteiger partial charge on any atom is 0.401 e. The summed E-state index contributed by atoms with van der Waals surface area (Å²) in [5.74, 6) is 0. The Morgan fingerprint density at radius 2 is 1.50 bits per heavy atom. The first kappa shape index (κ1) is 15.7. The number of alkyl halides is 3. The zero-order valence-corrected chi connectivity index (χ0v) is 10.4. The van der Waals surface area contributed by atoms with E-state index in [0.29, 0.717) is 12.8 Å². The van der Waals surface area contributed by atoms with Crippen LogP contribution in [0.5, 0.6) is 0 Å². The number of nitrogens with zero attached hydrogens (tertiary/aromatic N) is 1. The van der Waals surface area contributed by atoms with Crippen LogP contribution < -0.4 is 5.73 Å². The van der Waals surface area contributed by atoms with Crippen molar-refractivity contribution in [2.24, 2.45) is 5.73 Å². The van der Waals surface area contributed by atoms with Crippen LogP contribution in [0.2, 0.25) is 0 Å². The third-order valence-electron chi connectivity index (χ3n) is 3.04. The molecule has 5 heteroatoms. The van der Waals surface area contributed by atoms with Crippen molar-refractivity contribution in [1.29, 1.82) is 0 Å². The molecule has 0 fully saturated rings. The van der Waals surface area contributed by atoms with E-state index in [0.717, 1.165) is 12.8 Å². The van der Waals surface area contributed by atoms with Crippen molar-refractivity contribution in [2.45, 2.75) is 51.2 Å². The zero-order valence-electron chi connectivity index (χ0n) is 10.4. The van der Waals surface area contributed by atoms with Gasteiger partial charge in [0.25, 0.3) is 0 Å². The lowest BCUT2D eigenvalue weighted by Crippen LogP contribution is -2.54. The maximum absolute atomic E-state index is 12.4. The number of hydrogen-bond acceptors (Lipinski definition) is 2. The Labute approximate surface area is 96.0 Å². The summed E-state index contributed by atoms with van der Waals surface area (Å²) in [6.07, 6.45) is -1.04. The van der Waals surface area contributed by atoms with Crippen molar-refractivity contribution in [3.63, 3.8) is 0 Å². The van der Waals surface area contributed by atoms with Gasteiger partial charge in [-0.05, 0) is 19.9 Å². The van der Waals surface area contributed by atoms with E-state index in [1.165, 1.54) is 11.9 Å². The molecular weight excluding hydrogens is 217 g/mol. The van der Waals surface area contributed by atoms with Crippen LogP contribution in [0.25, 0.3) is 0 Å². The zero-order chi connectivity index (χ0) is 12.8. The molecule has 16 heavy (non-hydrogen) atoms. The van der Waals surface area contributed by atoms with Gasteiger partial charge in [-0.3, -0.25) is 4.90 Å². The SMILES string of the molecule is CCCC(CN)(CCC)N(C)CC(F)(F)F. The lowest BCUT2D eigenvalue weighted by atomic mass is 9.87. The van der Waals surface area contributed by atoms with E-state index in [1.54, 1.807) is 0 Å². The molecule has 0 saturated carbocycles. The topological polar surface area (TPSA) is 29.3 Å². The van der Waals surface area contributed by atoms with E-state index in [4.69, 9.17) is 5.73 Å². The molecule has 0 amide bonds. The fraction of sp³-hybridized carbons (Fsp3) is 1.00.